The van der Waals surface area contributed by atoms with Crippen LogP contribution in [-0.4, -0.2) is 73.2 Å². The van der Waals surface area contributed by atoms with Crippen LogP contribution in [0.2, 0.25) is 0 Å². The van der Waals surface area contributed by atoms with Gasteiger partial charge in [-0.3, -0.25) is 14.5 Å². The van der Waals surface area contributed by atoms with Crippen molar-refractivity contribution in [3.05, 3.63) is 54.1 Å². The van der Waals surface area contributed by atoms with Crippen LogP contribution in [0.25, 0.3) is 6.08 Å². The average Bonchev–Trinajstić information content (AvgIpc) is 3.45. The molecule has 2 aliphatic heterocycles. The molecule has 33 heavy (non-hydrogen) atoms. The van der Waals surface area contributed by atoms with Gasteiger partial charge in [0, 0.05) is 51.1 Å². The highest BCUT2D eigenvalue weighted by atomic mass is 19.1. The Labute approximate surface area is 190 Å². The summed E-state index contributed by atoms with van der Waals surface area (Å²) in [5.41, 5.74) is 1.68. The van der Waals surface area contributed by atoms with E-state index in [1.165, 1.54) is 24.0 Å². The quantitative estimate of drug-likeness (QED) is 0.649. The number of hydrogen-bond donors (Lipinski definition) is 2. The highest BCUT2D eigenvalue weighted by Gasteiger charge is 2.33. The Morgan fingerprint density at radius 3 is 2.70 bits per heavy atom. The Bertz CT molecular complexity index is 1050. The number of hydrogen-bond acceptors (Lipinski definition) is 5. The van der Waals surface area contributed by atoms with Crippen LogP contribution in [0.15, 0.2) is 42.6 Å². The van der Waals surface area contributed by atoms with Gasteiger partial charge in [-0.2, -0.15) is 0 Å². The van der Waals surface area contributed by atoms with E-state index in [2.05, 4.69) is 10.3 Å². The number of rotatable bonds is 6. The highest BCUT2D eigenvalue weighted by Crippen LogP contribution is 2.28. The molecule has 2 aliphatic rings. The molecule has 3 heterocycles. The lowest BCUT2D eigenvalue weighted by molar-refractivity contribution is -0.126. The second kappa shape index (κ2) is 9.76. The molecule has 1 aromatic carbocycles. The van der Waals surface area contributed by atoms with E-state index in [1.54, 1.807) is 29.3 Å². The van der Waals surface area contributed by atoms with Gasteiger partial charge in [-0.05, 0) is 36.4 Å². The van der Waals surface area contributed by atoms with Gasteiger partial charge in [0.2, 0.25) is 11.8 Å². The van der Waals surface area contributed by atoms with E-state index in [-0.39, 0.29) is 24.9 Å². The number of amides is 3. The molecule has 2 saturated heterocycles. The summed E-state index contributed by atoms with van der Waals surface area (Å²) in [6.07, 6.45) is 4.00. The number of aromatic nitrogens is 1. The van der Waals surface area contributed by atoms with Crippen LogP contribution < -0.4 is 15.1 Å². The van der Waals surface area contributed by atoms with Crippen molar-refractivity contribution in [3.63, 3.8) is 0 Å². The lowest BCUT2D eigenvalue weighted by Crippen LogP contribution is -2.48. The second-order valence-electron chi connectivity index (χ2n) is 7.96. The minimum absolute atomic E-state index is 0.0820. The van der Waals surface area contributed by atoms with Gasteiger partial charge in [0.05, 0.1) is 24.5 Å². The van der Waals surface area contributed by atoms with Gasteiger partial charge >= 0.3 is 6.09 Å². The van der Waals surface area contributed by atoms with Crippen LogP contribution in [-0.2, 0) is 14.3 Å². The van der Waals surface area contributed by atoms with E-state index in [9.17, 15) is 18.8 Å². The van der Waals surface area contributed by atoms with Gasteiger partial charge in [-0.15, -0.1) is 0 Å². The second-order valence-corrected chi connectivity index (χ2v) is 7.96. The third-order valence-corrected chi connectivity index (χ3v) is 5.66. The average molecular weight is 455 g/mol. The largest absolute Gasteiger partial charge is 0.442 e. The zero-order valence-electron chi connectivity index (χ0n) is 18.3. The van der Waals surface area contributed by atoms with E-state index < -0.39 is 18.0 Å². The minimum Gasteiger partial charge on any atom is -0.442 e. The van der Waals surface area contributed by atoms with E-state index in [4.69, 9.17) is 4.74 Å². The number of nitrogens with zero attached hydrogens (tertiary/aromatic N) is 3. The van der Waals surface area contributed by atoms with Crippen molar-refractivity contribution in [2.75, 3.05) is 49.1 Å². The van der Waals surface area contributed by atoms with Gasteiger partial charge in [0.1, 0.15) is 11.9 Å². The Kier molecular flexibility index (Phi) is 6.62. The maximum absolute atomic E-state index is 14.9. The summed E-state index contributed by atoms with van der Waals surface area (Å²) >= 11 is 0. The third kappa shape index (κ3) is 5.33. The van der Waals surface area contributed by atoms with E-state index in [1.807, 2.05) is 17.0 Å². The summed E-state index contributed by atoms with van der Waals surface area (Å²) in [5, 5.41) is 2.61. The van der Waals surface area contributed by atoms with Crippen LogP contribution in [0.4, 0.5) is 20.6 Å². The molecule has 9 nitrogen and oxygen atoms in total. The standard InChI is InChI=1S/C23H26FN5O4/c1-16(30)26-14-19-15-29(23(32)33-19)18-5-6-21(20(24)13-18)27-9-11-28(12-10-27)22(31)7-4-17-3-2-8-25-17/h2-8,13,19,25H,9-12,14-15H2,1H3,(H,26,30)/b7-4-/t19-/m0/s1. The lowest BCUT2D eigenvalue weighted by atomic mass is 10.2. The first-order valence-corrected chi connectivity index (χ1v) is 10.8. The van der Waals surface area contributed by atoms with Crippen molar-refractivity contribution >= 4 is 35.4 Å². The van der Waals surface area contributed by atoms with Gasteiger partial charge in [0.25, 0.3) is 0 Å². The number of piperazine rings is 1. The first-order chi connectivity index (χ1) is 15.9. The summed E-state index contributed by atoms with van der Waals surface area (Å²) in [7, 11) is 0. The first-order valence-electron chi connectivity index (χ1n) is 10.8. The number of carbonyl (C=O) groups is 3. The fraction of sp³-hybridized carbons (Fsp3) is 0.348. The van der Waals surface area contributed by atoms with Crippen molar-refractivity contribution < 1.29 is 23.5 Å². The summed E-state index contributed by atoms with van der Waals surface area (Å²) < 4.78 is 20.2. The molecule has 0 unspecified atom stereocenters. The number of carbonyl (C=O) groups excluding carboxylic acids is 3. The molecule has 0 aliphatic carbocycles. The zero-order valence-corrected chi connectivity index (χ0v) is 18.3. The number of ether oxygens (including phenoxy) is 1. The molecule has 174 valence electrons. The number of aromatic amines is 1. The van der Waals surface area contributed by atoms with Gasteiger partial charge in [0.15, 0.2) is 0 Å². The molecule has 10 heteroatoms. The predicted octanol–water partition coefficient (Wildman–Crippen LogP) is 1.98. The van der Waals surface area contributed by atoms with Crippen molar-refractivity contribution in [1.29, 1.82) is 0 Å². The zero-order chi connectivity index (χ0) is 23.4. The summed E-state index contributed by atoms with van der Waals surface area (Å²) in [6.45, 7) is 3.80. The summed E-state index contributed by atoms with van der Waals surface area (Å²) in [4.78, 5) is 43.6. The molecular weight excluding hydrogens is 429 g/mol. The van der Waals surface area contributed by atoms with Crippen molar-refractivity contribution in [2.24, 2.45) is 0 Å². The number of anilines is 2. The molecule has 2 N–H and O–H groups in total. The number of halogens is 1. The normalized spacial score (nSPS) is 18.7. The molecule has 4 rings (SSSR count). The predicted molar refractivity (Wildman–Crippen MR) is 121 cm³/mol. The Balaban J connectivity index is 1.34. The number of nitrogens with one attached hydrogen (secondary N) is 2. The highest BCUT2D eigenvalue weighted by molar-refractivity contribution is 5.92. The fourth-order valence-electron chi connectivity index (χ4n) is 3.90. The molecule has 0 saturated carbocycles. The molecule has 2 aromatic rings. The Morgan fingerprint density at radius 1 is 1.24 bits per heavy atom. The van der Waals surface area contributed by atoms with E-state index >= 15 is 0 Å². The van der Waals surface area contributed by atoms with Crippen LogP contribution in [0.5, 0.6) is 0 Å². The maximum Gasteiger partial charge on any atom is 0.414 e. The molecular formula is C23H26FN5O4. The number of benzene rings is 1. The monoisotopic (exact) mass is 455 g/mol. The van der Waals surface area contributed by atoms with E-state index in [0.717, 1.165) is 5.69 Å². The molecule has 2 fully saturated rings. The van der Waals surface area contributed by atoms with Crippen molar-refractivity contribution in [2.45, 2.75) is 13.0 Å². The molecule has 0 radical (unpaired) electrons. The van der Waals surface area contributed by atoms with Gasteiger partial charge in [-0.1, -0.05) is 0 Å². The summed E-state index contributed by atoms with van der Waals surface area (Å²) in [6, 6.07) is 8.37. The lowest BCUT2D eigenvalue weighted by Gasteiger charge is -2.36. The maximum atomic E-state index is 14.9. The summed E-state index contributed by atoms with van der Waals surface area (Å²) in [5.74, 6) is -0.739. The molecule has 3 amide bonds. The SMILES string of the molecule is CC(=O)NC[C@H]1CN(c2ccc(N3CCN(C(=O)/C=C\c4ccc[nH]4)CC3)c(F)c2)C(=O)O1. The third-order valence-electron chi connectivity index (χ3n) is 5.66. The molecule has 1 aromatic heterocycles. The van der Waals surface area contributed by atoms with Crippen LogP contribution in [0, 0.1) is 5.82 Å². The van der Waals surface area contributed by atoms with Gasteiger partial charge < -0.3 is 24.8 Å². The van der Waals surface area contributed by atoms with Crippen LogP contribution >= 0.6 is 0 Å². The number of H-pyrrole nitrogens is 1. The van der Waals surface area contributed by atoms with Crippen molar-refractivity contribution in [3.8, 4) is 0 Å². The number of cyclic esters (lactones) is 1. The van der Waals surface area contributed by atoms with Crippen LogP contribution in [0.3, 0.4) is 0 Å². The minimum atomic E-state index is -0.572. The topological polar surface area (TPSA) is 98.0 Å². The van der Waals surface area contributed by atoms with E-state index in [0.29, 0.717) is 37.6 Å². The van der Waals surface area contributed by atoms with Crippen molar-refractivity contribution in [1.82, 2.24) is 15.2 Å². The molecule has 0 spiro atoms. The Morgan fingerprint density at radius 2 is 2.03 bits per heavy atom. The van der Waals surface area contributed by atoms with Gasteiger partial charge in [-0.25, -0.2) is 9.18 Å². The molecule has 0 bridgehead atoms. The fourth-order valence-corrected chi connectivity index (χ4v) is 3.90. The Hall–Kier alpha value is -3.82. The first kappa shape index (κ1) is 22.4. The molecule has 1 atom stereocenters. The van der Waals surface area contributed by atoms with Crippen LogP contribution in [0.1, 0.15) is 12.6 Å². The smallest absolute Gasteiger partial charge is 0.414 e.